The van der Waals surface area contributed by atoms with E-state index >= 15 is 0 Å². The summed E-state index contributed by atoms with van der Waals surface area (Å²) < 4.78 is 18.1. The van der Waals surface area contributed by atoms with Gasteiger partial charge in [0.25, 0.3) is 0 Å². The predicted molar refractivity (Wildman–Crippen MR) is 62.2 cm³/mol. The number of nitrogens with one attached hydrogen (secondary N) is 1. The summed E-state index contributed by atoms with van der Waals surface area (Å²) in [6.07, 6.45) is 0.746. The van der Waals surface area contributed by atoms with E-state index in [1.165, 1.54) is 19.2 Å². The van der Waals surface area contributed by atoms with Gasteiger partial charge in [0.1, 0.15) is 0 Å². The number of aliphatic hydroxyl groups excluding tert-OH is 1. The van der Waals surface area contributed by atoms with Crippen molar-refractivity contribution < 1.29 is 14.2 Å². The third-order valence-electron chi connectivity index (χ3n) is 2.40. The molecule has 1 aromatic carbocycles. The predicted octanol–water partition coefficient (Wildman–Crippen LogP) is 1.60. The molecule has 0 heterocycles. The van der Waals surface area contributed by atoms with Crippen LogP contribution < -0.4 is 15.8 Å². The van der Waals surface area contributed by atoms with Crippen LogP contribution in [0.5, 0.6) is 5.75 Å². The quantitative estimate of drug-likeness (QED) is 0.670. The molecule has 4 N–H and O–H groups in total. The van der Waals surface area contributed by atoms with E-state index in [1.807, 2.05) is 6.92 Å². The summed E-state index contributed by atoms with van der Waals surface area (Å²) in [7, 11) is 1.39. The van der Waals surface area contributed by atoms with Crippen molar-refractivity contribution in [2.45, 2.75) is 19.4 Å². The molecule has 1 aromatic rings. The normalized spacial score (nSPS) is 12.2. The number of nitrogens with two attached hydrogens (primary N) is 1. The van der Waals surface area contributed by atoms with E-state index in [-0.39, 0.29) is 18.4 Å². The number of halogens is 1. The van der Waals surface area contributed by atoms with Gasteiger partial charge in [0, 0.05) is 18.2 Å². The maximum atomic E-state index is 13.2. The molecule has 0 aromatic heterocycles. The van der Waals surface area contributed by atoms with E-state index in [9.17, 15) is 4.39 Å². The van der Waals surface area contributed by atoms with Crippen molar-refractivity contribution in [3.63, 3.8) is 0 Å². The lowest BCUT2D eigenvalue weighted by atomic mass is 10.2. The highest BCUT2D eigenvalue weighted by Gasteiger charge is 2.11. The van der Waals surface area contributed by atoms with Gasteiger partial charge in [0.05, 0.1) is 25.1 Å². The molecule has 0 fully saturated rings. The molecule has 0 aliphatic heterocycles. The molecule has 0 aliphatic carbocycles. The van der Waals surface area contributed by atoms with Gasteiger partial charge in [0.15, 0.2) is 11.6 Å². The fraction of sp³-hybridized carbons (Fsp3) is 0.455. The lowest BCUT2D eigenvalue weighted by Crippen LogP contribution is -2.23. The van der Waals surface area contributed by atoms with Crippen LogP contribution in [-0.4, -0.2) is 24.9 Å². The Labute approximate surface area is 94.2 Å². The van der Waals surface area contributed by atoms with Gasteiger partial charge >= 0.3 is 0 Å². The summed E-state index contributed by atoms with van der Waals surface area (Å²) in [5, 5.41) is 12.1. The Morgan fingerprint density at radius 3 is 2.75 bits per heavy atom. The molecular formula is C11H17FN2O2. The molecule has 1 unspecified atom stereocenters. The van der Waals surface area contributed by atoms with Crippen LogP contribution in [0.2, 0.25) is 0 Å². The van der Waals surface area contributed by atoms with Crippen LogP contribution in [0.15, 0.2) is 12.1 Å². The lowest BCUT2D eigenvalue weighted by Gasteiger charge is -2.18. The third-order valence-corrected chi connectivity index (χ3v) is 2.40. The monoisotopic (exact) mass is 228 g/mol. The second-order valence-corrected chi connectivity index (χ2v) is 3.51. The van der Waals surface area contributed by atoms with Gasteiger partial charge in [-0.15, -0.1) is 0 Å². The molecule has 4 nitrogen and oxygen atoms in total. The summed E-state index contributed by atoms with van der Waals surface area (Å²) in [5.74, 6) is -0.368. The first kappa shape index (κ1) is 12.6. The largest absolute Gasteiger partial charge is 0.494 e. The first-order valence-corrected chi connectivity index (χ1v) is 5.12. The lowest BCUT2D eigenvalue weighted by molar-refractivity contribution is 0.272. The molecule has 0 amide bonds. The molecule has 0 saturated heterocycles. The second-order valence-electron chi connectivity index (χ2n) is 3.51. The Balaban J connectivity index is 2.95. The molecule has 90 valence electrons. The number of aliphatic hydroxyl groups is 1. The highest BCUT2D eigenvalue weighted by molar-refractivity contribution is 5.69. The zero-order valence-electron chi connectivity index (χ0n) is 9.46. The number of ether oxygens (including phenoxy) is 1. The minimum Gasteiger partial charge on any atom is -0.494 e. The van der Waals surface area contributed by atoms with Gasteiger partial charge in [0.2, 0.25) is 0 Å². The molecule has 0 radical (unpaired) electrons. The van der Waals surface area contributed by atoms with E-state index in [0.717, 1.165) is 6.42 Å². The molecule has 0 aliphatic rings. The molecule has 0 bridgehead atoms. The van der Waals surface area contributed by atoms with Crippen LogP contribution >= 0.6 is 0 Å². The Hall–Kier alpha value is -1.49. The number of methoxy groups -OCH3 is 1. The van der Waals surface area contributed by atoms with E-state index < -0.39 is 5.82 Å². The number of nitrogen functional groups attached to an aromatic ring is 1. The number of hydrogen-bond acceptors (Lipinski definition) is 4. The van der Waals surface area contributed by atoms with Crippen molar-refractivity contribution in [2.24, 2.45) is 0 Å². The maximum Gasteiger partial charge on any atom is 0.167 e. The number of benzene rings is 1. The summed E-state index contributed by atoms with van der Waals surface area (Å²) >= 11 is 0. The van der Waals surface area contributed by atoms with Gasteiger partial charge < -0.3 is 20.9 Å². The first-order valence-electron chi connectivity index (χ1n) is 5.12. The maximum absolute atomic E-state index is 13.2. The average molecular weight is 228 g/mol. The molecule has 1 rings (SSSR count). The van der Waals surface area contributed by atoms with Crippen molar-refractivity contribution in [3.8, 4) is 5.75 Å². The van der Waals surface area contributed by atoms with Crippen LogP contribution in [0.25, 0.3) is 0 Å². The molecular weight excluding hydrogens is 211 g/mol. The van der Waals surface area contributed by atoms with Crippen LogP contribution in [0.1, 0.15) is 13.3 Å². The standard InChI is InChI=1S/C11H17FN2O2/c1-3-7(6-15)14-10-5-11(16-2)8(12)4-9(10)13/h4-5,7,14-15H,3,6,13H2,1-2H3. The van der Waals surface area contributed by atoms with Gasteiger partial charge in [-0.05, 0) is 6.42 Å². The zero-order valence-corrected chi connectivity index (χ0v) is 9.46. The summed E-state index contributed by atoms with van der Waals surface area (Å²) in [5.41, 5.74) is 6.53. The third kappa shape index (κ3) is 2.76. The minimum atomic E-state index is -0.498. The Kier molecular flexibility index (Phi) is 4.37. The van der Waals surface area contributed by atoms with Gasteiger partial charge in [-0.2, -0.15) is 0 Å². The van der Waals surface area contributed by atoms with Crippen molar-refractivity contribution in [1.82, 2.24) is 0 Å². The van der Waals surface area contributed by atoms with Crippen molar-refractivity contribution in [3.05, 3.63) is 17.9 Å². The second kappa shape index (κ2) is 5.55. The molecule has 5 heteroatoms. The minimum absolute atomic E-state index is 0.00433. The van der Waals surface area contributed by atoms with Crippen LogP contribution in [0, 0.1) is 5.82 Å². The average Bonchev–Trinajstić information content (AvgIpc) is 2.28. The SMILES string of the molecule is CCC(CO)Nc1cc(OC)c(F)cc1N. The van der Waals surface area contributed by atoms with Crippen LogP contribution in [-0.2, 0) is 0 Å². The molecule has 1 atom stereocenters. The Morgan fingerprint density at radius 2 is 2.25 bits per heavy atom. The summed E-state index contributed by atoms with van der Waals surface area (Å²) in [6.45, 7) is 1.93. The van der Waals surface area contributed by atoms with E-state index in [0.29, 0.717) is 11.4 Å². The first-order chi connectivity index (χ1) is 7.62. The van der Waals surface area contributed by atoms with Gasteiger partial charge in [-0.3, -0.25) is 0 Å². The van der Waals surface area contributed by atoms with E-state index in [4.69, 9.17) is 15.6 Å². The van der Waals surface area contributed by atoms with E-state index in [1.54, 1.807) is 0 Å². The molecule has 0 saturated carbocycles. The molecule has 16 heavy (non-hydrogen) atoms. The fourth-order valence-electron chi connectivity index (χ4n) is 1.35. The fourth-order valence-corrected chi connectivity index (χ4v) is 1.35. The highest BCUT2D eigenvalue weighted by atomic mass is 19.1. The zero-order chi connectivity index (χ0) is 12.1. The van der Waals surface area contributed by atoms with Crippen LogP contribution in [0.4, 0.5) is 15.8 Å². The number of rotatable bonds is 5. The topological polar surface area (TPSA) is 67.5 Å². The van der Waals surface area contributed by atoms with Crippen molar-refractivity contribution in [2.75, 3.05) is 24.8 Å². The van der Waals surface area contributed by atoms with Crippen molar-refractivity contribution >= 4 is 11.4 Å². The van der Waals surface area contributed by atoms with E-state index in [2.05, 4.69) is 5.32 Å². The highest BCUT2D eigenvalue weighted by Crippen LogP contribution is 2.28. The molecule has 0 spiro atoms. The Bertz CT molecular complexity index is 354. The summed E-state index contributed by atoms with van der Waals surface area (Å²) in [6, 6.07) is 2.59. The number of anilines is 2. The Morgan fingerprint density at radius 1 is 1.56 bits per heavy atom. The van der Waals surface area contributed by atoms with Crippen LogP contribution in [0.3, 0.4) is 0 Å². The van der Waals surface area contributed by atoms with Crippen molar-refractivity contribution in [1.29, 1.82) is 0 Å². The smallest absolute Gasteiger partial charge is 0.167 e. The number of hydrogen-bond donors (Lipinski definition) is 3. The van der Waals surface area contributed by atoms with Gasteiger partial charge in [-0.25, -0.2) is 4.39 Å². The summed E-state index contributed by atoms with van der Waals surface area (Å²) in [4.78, 5) is 0. The van der Waals surface area contributed by atoms with Gasteiger partial charge in [-0.1, -0.05) is 6.92 Å².